The van der Waals surface area contributed by atoms with Crippen molar-refractivity contribution in [2.45, 2.75) is 6.54 Å². The molecule has 2 heteroatoms. The minimum atomic E-state index is 0.763. The predicted octanol–water partition coefficient (Wildman–Crippen LogP) is 1.22. The molecular weight excluding hydrogens is 150 g/mol. The molecule has 0 atom stereocenters. The van der Waals surface area contributed by atoms with Crippen LogP contribution in [0.25, 0.3) is 0 Å². The second kappa shape index (κ2) is 5.75. The van der Waals surface area contributed by atoms with Gasteiger partial charge < -0.3 is 10.1 Å². The molecule has 1 rings (SSSR count). The third kappa shape index (κ3) is 3.51. The van der Waals surface area contributed by atoms with Gasteiger partial charge >= 0.3 is 0 Å². The summed E-state index contributed by atoms with van der Waals surface area (Å²) in [6.07, 6.45) is 0. The molecule has 1 N–H and O–H groups in total. The minimum Gasteiger partial charge on any atom is -0.383 e. The van der Waals surface area contributed by atoms with Gasteiger partial charge in [-0.3, -0.25) is 0 Å². The topological polar surface area (TPSA) is 21.3 Å². The van der Waals surface area contributed by atoms with Gasteiger partial charge in [-0.05, 0) is 11.6 Å². The molecule has 1 aromatic carbocycles. The number of ether oxygens (including phenoxy) is 1. The first-order chi connectivity index (χ1) is 5.93. The van der Waals surface area contributed by atoms with Crippen molar-refractivity contribution in [3.05, 3.63) is 35.9 Å². The van der Waals surface area contributed by atoms with E-state index >= 15 is 0 Å². The zero-order valence-electron chi connectivity index (χ0n) is 7.34. The molecule has 0 aliphatic rings. The van der Waals surface area contributed by atoms with Gasteiger partial charge in [0.25, 0.3) is 0 Å². The Balaban J connectivity index is 2.16. The van der Waals surface area contributed by atoms with Gasteiger partial charge in [0.2, 0.25) is 0 Å². The lowest BCUT2D eigenvalue weighted by atomic mass is 10.2. The van der Waals surface area contributed by atoms with E-state index in [9.17, 15) is 0 Å². The largest absolute Gasteiger partial charge is 0.383 e. The molecule has 0 unspecified atom stereocenters. The molecule has 0 bridgehead atoms. The maximum atomic E-state index is 4.91. The molecule has 0 amide bonds. The van der Waals surface area contributed by atoms with Gasteiger partial charge in [-0.2, -0.15) is 0 Å². The molecule has 1 aromatic rings. The Morgan fingerprint density at radius 3 is 2.83 bits per heavy atom. The lowest BCUT2D eigenvalue weighted by molar-refractivity contribution is 0.199. The van der Waals surface area contributed by atoms with E-state index in [-0.39, 0.29) is 0 Å². The Hall–Kier alpha value is -0.860. The number of hydrogen-bond acceptors (Lipinski definition) is 2. The lowest BCUT2D eigenvalue weighted by Gasteiger charge is -2.02. The fourth-order valence-electron chi connectivity index (χ4n) is 0.946. The SMILES string of the molecule is COCCNCc1cc[c]cc1. The van der Waals surface area contributed by atoms with Crippen LogP contribution in [0.15, 0.2) is 24.3 Å². The summed E-state index contributed by atoms with van der Waals surface area (Å²) in [5.74, 6) is 0. The van der Waals surface area contributed by atoms with Crippen LogP contribution in [0.3, 0.4) is 0 Å². The molecule has 0 aliphatic carbocycles. The summed E-state index contributed by atoms with van der Waals surface area (Å²) in [6, 6.07) is 10.9. The van der Waals surface area contributed by atoms with E-state index in [0.29, 0.717) is 0 Å². The van der Waals surface area contributed by atoms with Crippen LogP contribution in [0.4, 0.5) is 0 Å². The van der Waals surface area contributed by atoms with Crippen LogP contribution in [-0.2, 0) is 11.3 Å². The zero-order valence-corrected chi connectivity index (χ0v) is 7.34. The van der Waals surface area contributed by atoms with Crippen molar-refractivity contribution in [1.29, 1.82) is 0 Å². The average molecular weight is 164 g/mol. The van der Waals surface area contributed by atoms with E-state index in [4.69, 9.17) is 4.74 Å². The Morgan fingerprint density at radius 1 is 1.42 bits per heavy atom. The third-order valence-corrected chi connectivity index (χ3v) is 1.60. The van der Waals surface area contributed by atoms with Crippen molar-refractivity contribution < 1.29 is 4.74 Å². The monoisotopic (exact) mass is 164 g/mol. The maximum absolute atomic E-state index is 4.91. The van der Waals surface area contributed by atoms with E-state index < -0.39 is 0 Å². The van der Waals surface area contributed by atoms with Crippen LogP contribution in [0.5, 0.6) is 0 Å². The summed E-state index contributed by atoms with van der Waals surface area (Å²) in [6.45, 7) is 2.56. The third-order valence-electron chi connectivity index (χ3n) is 1.60. The summed E-state index contributed by atoms with van der Waals surface area (Å²) in [5, 5.41) is 3.26. The molecule has 0 fully saturated rings. The highest BCUT2D eigenvalue weighted by atomic mass is 16.5. The van der Waals surface area contributed by atoms with Crippen LogP contribution in [0.1, 0.15) is 5.56 Å². The van der Waals surface area contributed by atoms with Gasteiger partial charge in [-0.1, -0.05) is 24.3 Å². The van der Waals surface area contributed by atoms with Crippen LogP contribution >= 0.6 is 0 Å². The van der Waals surface area contributed by atoms with Crippen LogP contribution in [0, 0.1) is 6.07 Å². The average Bonchev–Trinajstić information content (AvgIpc) is 2.14. The summed E-state index contributed by atoms with van der Waals surface area (Å²) in [7, 11) is 1.71. The molecule has 0 aromatic heterocycles. The molecule has 0 saturated carbocycles. The summed E-state index contributed by atoms with van der Waals surface area (Å²) >= 11 is 0. The number of benzene rings is 1. The summed E-state index contributed by atoms with van der Waals surface area (Å²) < 4.78 is 4.91. The summed E-state index contributed by atoms with van der Waals surface area (Å²) in [5.41, 5.74) is 1.28. The van der Waals surface area contributed by atoms with Crippen molar-refractivity contribution in [3.8, 4) is 0 Å². The van der Waals surface area contributed by atoms with Gasteiger partial charge in [0.1, 0.15) is 0 Å². The summed E-state index contributed by atoms with van der Waals surface area (Å²) in [4.78, 5) is 0. The smallest absolute Gasteiger partial charge is 0.0587 e. The van der Waals surface area contributed by atoms with E-state index in [1.165, 1.54) is 5.56 Å². The molecule has 0 heterocycles. The van der Waals surface area contributed by atoms with Gasteiger partial charge in [0, 0.05) is 20.2 Å². The van der Waals surface area contributed by atoms with Crippen LogP contribution in [-0.4, -0.2) is 20.3 Å². The van der Waals surface area contributed by atoms with Crippen LogP contribution in [0.2, 0.25) is 0 Å². The molecule has 0 spiro atoms. The van der Waals surface area contributed by atoms with Crippen LogP contribution < -0.4 is 5.32 Å². The highest BCUT2D eigenvalue weighted by Gasteiger charge is 1.88. The normalized spacial score (nSPS) is 10.1. The Kier molecular flexibility index (Phi) is 4.42. The Morgan fingerprint density at radius 2 is 2.17 bits per heavy atom. The second-order valence-corrected chi connectivity index (χ2v) is 2.58. The first kappa shape index (κ1) is 9.23. The van der Waals surface area contributed by atoms with E-state index in [0.717, 1.165) is 19.7 Å². The molecule has 65 valence electrons. The quantitative estimate of drug-likeness (QED) is 0.661. The zero-order chi connectivity index (χ0) is 8.65. The molecule has 2 nitrogen and oxygen atoms in total. The number of nitrogens with one attached hydrogen (secondary N) is 1. The maximum Gasteiger partial charge on any atom is 0.0587 e. The van der Waals surface area contributed by atoms with Crippen molar-refractivity contribution in [1.82, 2.24) is 5.32 Å². The van der Waals surface area contributed by atoms with E-state index in [1.54, 1.807) is 7.11 Å². The number of rotatable bonds is 5. The fraction of sp³-hybridized carbons (Fsp3) is 0.400. The number of hydrogen-bond donors (Lipinski definition) is 1. The van der Waals surface area contributed by atoms with E-state index in [1.807, 2.05) is 12.1 Å². The standard InChI is InChI=1S/C10H14NO/c1-12-8-7-11-9-10-5-3-2-4-6-10/h3-6,11H,7-9H2,1H3. The predicted molar refractivity (Wildman–Crippen MR) is 48.9 cm³/mol. The Labute approximate surface area is 73.6 Å². The lowest BCUT2D eigenvalue weighted by Crippen LogP contribution is -2.18. The van der Waals surface area contributed by atoms with Crippen molar-refractivity contribution >= 4 is 0 Å². The first-order valence-corrected chi connectivity index (χ1v) is 4.08. The fourth-order valence-corrected chi connectivity index (χ4v) is 0.946. The molecular formula is C10H14NO. The van der Waals surface area contributed by atoms with E-state index in [2.05, 4.69) is 23.5 Å². The molecule has 1 radical (unpaired) electrons. The molecule has 12 heavy (non-hydrogen) atoms. The second-order valence-electron chi connectivity index (χ2n) is 2.58. The molecule has 0 saturated heterocycles. The van der Waals surface area contributed by atoms with Gasteiger partial charge in [-0.25, -0.2) is 0 Å². The highest BCUT2D eigenvalue weighted by Crippen LogP contribution is 1.95. The Bertz CT molecular complexity index is 198. The van der Waals surface area contributed by atoms with Gasteiger partial charge in [0.15, 0.2) is 0 Å². The minimum absolute atomic E-state index is 0.763. The van der Waals surface area contributed by atoms with Crippen molar-refractivity contribution in [3.63, 3.8) is 0 Å². The van der Waals surface area contributed by atoms with Crippen molar-refractivity contribution in [2.24, 2.45) is 0 Å². The van der Waals surface area contributed by atoms with Gasteiger partial charge in [-0.15, -0.1) is 0 Å². The molecule has 0 aliphatic heterocycles. The first-order valence-electron chi connectivity index (χ1n) is 4.08. The van der Waals surface area contributed by atoms with Gasteiger partial charge in [0.05, 0.1) is 6.61 Å². The number of methoxy groups -OCH3 is 1. The van der Waals surface area contributed by atoms with Crippen molar-refractivity contribution in [2.75, 3.05) is 20.3 Å². The highest BCUT2D eigenvalue weighted by molar-refractivity contribution is 5.13.